The molecule has 0 aliphatic carbocycles. The van der Waals surface area contributed by atoms with Gasteiger partial charge in [0.05, 0.1) is 7.11 Å². The molecule has 2 aromatic carbocycles. The SMILES string of the molecule is CCOCCCNCc1ccc(OC)c(OC[C@H](O)CN(C)Cc2ccccc2)c1. The molecule has 2 N–H and O–H groups in total. The van der Waals surface area contributed by atoms with E-state index in [0.717, 1.165) is 44.8 Å². The molecular formula is C24H36N2O4. The maximum atomic E-state index is 10.4. The third-order valence-electron chi connectivity index (χ3n) is 4.65. The van der Waals surface area contributed by atoms with Crippen molar-refractivity contribution in [2.75, 3.05) is 47.1 Å². The van der Waals surface area contributed by atoms with Gasteiger partial charge in [0.2, 0.25) is 0 Å². The van der Waals surface area contributed by atoms with Gasteiger partial charge in [0.25, 0.3) is 0 Å². The number of hydrogen-bond acceptors (Lipinski definition) is 6. The number of methoxy groups -OCH3 is 1. The van der Waals surface area contributed by atoms with Gasteiger partial charge in [0.15, 0.2) is 11.5 Å². The van der Waals surface area contributed by atoms with Crippen LogP contribution >= 0.6 is 0 Å². The molecule has 2 rings (SSSR count). The standard InChI is InChI=1S/C24H36N2O4/c1-4-29-14-8-13-25-16-21-11-12-23(28-3)24(15-21)30-19-22(27)18-26(2)17-20-9-6-5-7-10-20/h5-7,9-12,15,22,25,27H,4,8,13-14,16-19H2,1-3H3/t22-/m1/s1. The van der Waals surface area contributed by atoms with E-state index in [0.29, 0.717) is 18.0 Å². The second kappa shape index (κ2) is 14.0. The molecule has 0 saturated heterocycles. The molecule has 0 bridgehead atoms. The van der Waals surface area contributed by atoms with Crippen molar-refractivity contribution in [3.63, 3.8) is 0 Å². The monoisotopic (exact) mass is 416 g/mol. The van der Waals surface area contributed by atoms with Crippen LogP contribution in [0.2, 0.25) is 0 Å². The summed E-state index contributed by atoms with van der Waals surface area (Å²) in [4.78, 5) is 2.09. The molecule has 0 aliphatic heterocycles. The zero-order valence-electron chi connectivity index (χ0n) is 18.5. The Hall–Kier alpha value is -2.12. The fourth-order valence-corrected chi connectivity index (χ4v) is 3.18. The Morgan fingerprint density at radius 3 is 2.60 bits per heavy atom. The highest BCUT2D eigenvalue weighted by molar-refractivity contribution is 5.43. The predicted molar refractivity (Wildman–Crippen MR) is 120 cm³/mol. The summed E-state index contributed by atoms with van der Waals surface area (Å²) in [7, 11) is 3.62. The first-order valence-corrected chi connectivity index (χ1v) is 10.6. The smallest absolute Gasteiger partial charge is 0.161 e. The van der Waals surface area contributed by atoms with E-state index in [1.165, 1.54) is 5.56 Å². The van der Waals surface area contributed by atoms with E-state index in [2.05, 4.69) is 22.3 Å². The average Bonchev–Trinajstić information content (AvgIpc) is 2.75. The molecule has 0 aliphatic rings. The highest BCUT2D eigenvalue weighted by Crippen LogP contribution is 2.28. The topological polar surface area (TPSA) is 63.2 Å². The summed E-state index contributed by atoms with van der Waals surface area (Å²) in [6.07, 6.45) is 0.388. The lowest BCUT2D eigenvalue weighted by Gasteiger charge is -2.21. The molecule has 0 spiro atoms. The van der Waals surface area contributed by atoms with Crippen LogP contribution in [-0.2, 0) is 17.8 Å². The van der Waals surface area contributed by atoms with Gasteiger partial charge in [-0.1, -0.05) is 36.4 Å². The van der Waals surface area contributed by atoms with Crippen molar-refractivity contribution in [2.45, 2.75) is 32.5 Å². The molecule has 0 unspecified atom stereocenters. The van der Waals surface area contributed by atoms with E-state index in [4.69, 9.17) is 14.2 Å². The van der Waals surface area contributed by atoms with Crippen LogP contribution < -0.4 is 14.8 Å². The van der Waals surface area contributed by atoms with Gasteiger partial charge in [-0.15, -0.1) is 0 Å². The van der Waals surface area contributed by atoms with Gasteiger partial charge in [-0.05, 0) is 50.2 Å². The van der Waals surface area contributed by atoms with Gasteiger partial charge in [-0.3, -0.25) is 4.90 Å². The van der Waals surface area contributed by atoms with Crippen molar-refractivity contribution >= 4 is 0 Å². The van der Waals surface area contributed by atoms with E-state index < -0.39 is 6.10 Å². The van der Waals surface area contributed by atoms with Gasteiger partial charge >= 0.3 is 0 Å². The van der Waals surface area contributed by atoms with Gasteiger partial charge in [-0.25, -0.2) is 0 Å². The first-order chi connectivity index (χ1) is 14.6. The highest BCUT2D eigenvalue weighted by Gasteiger charge is 2.12. The molecule has 0 saturated carbocycles. The summed E-state index contributed by atoms with van der Waals surface area (Å²) >= 11 is 0. The Kier molecular flexibility index (Phi) is 11.3. The van der Waals surface area contributed by atoms with Crippen molar-refractivity contribution in [3.05, 3.63) is 59.7 Å². The lowest BCUT2D eigenvalue weighted by Crippen LogP contribution is -2.32. The van der Waals surface area contributed by atoms with Crippen LogP contribution in [0.15, 0.2) is 48.5 Å². The summed E-state index contributed by atoms with van der Waals surface area (Å²) in [6.45, 7) is 6.70. The first kappa shape index (κ1) is 24.2. The number of nitrogens with one attached hydrogen (secondary N) is 1. The van der Waals surface area contributed by atoms with Crippen molar-refractivity contribution in [3.8, 4) is 11.5 Å². The highest BCUT2D eigenvalue weighted by atomic mass is 16.5. The van der Waals surface area contributed by atoms with Crippen LogP contribution in [0.25, 0.3) is 0 Å². The van der Waals surface area contributed by atoms with E-state index in [-0.39, 0.29) is 6.61 Å². The van der Waals surface area contributed by atoms with Crippen LogP contribution in [0.3, 0.4) is 0 Å². The minimum atomic E-state index is -0.594. The molecule has 166 valence electrons. The summed E-state index contributed by atoms with van der Waals surface area (Å²) < 4.78 is 16.6. The number of benzene rings is 2. The second-order valence-corrected chi connectivity index (χ2v) is 7.36. The van der Waals surface area contributed by atoms with Crippen molar-refractivity contribution in [1.82, 2.24) is 10.2 Å². The molecule has 0 amide bonds. The molecule has 6 heteroatoms. The van der Waals surface area contributed by atoms with Crippen LogP contribution in [0.1, 0.15) is 24.5 Å². The van der Waals surface area contributed by atoms with Crippen LogP contribution in [0.4, 0.5) is 0 Å². The molecule has 6 nitrogen and oxygen atoms in total. The summed E-state index contributed by atoms with van der Waals surface area (Å²) in [5.74, 6) is 1.32. The van der Waals surface area contributed by atoms with E-state index in [1.807, 2.05) is 50.4 Å². The number of hydrogen-bond donors (Lipinski definition) is 2. The Labute approximate surface area is 180 Å². The quantitative estimate of drug-likeness (QED) is 0.435. The number of likely N-dealkylation sites (N-methyl/N-ethyl adjacent to an activating group) is 1. The Morgan fingerprint density at radius 2 is 1.87 bits per heavy atom. The average molecular weight is 417 g/mol. The second-order valence-electron chi connectivity index (χ2n) is 7.36. The molecule has 2 aromatic rings. The molecular weight excluding hydrogens is 380 g/mol. The van der Waals surface area contributed by atoms with E-state index in [9.17, 15) is 5.11 Å². The minimum absolute atomic E-state index is 0.209. The van der Waals surface area contributed by atoms with Crippen molar-refractivity contribution in [2.24, 2.45) is 0 Å². The van der Waals surface area contributed by atoms with Crippen molar-refractivity contribution < 1.29 is 19.3 Å². The molecule has 1 atom stereocenters. The summed E-state index contributed by atoms with van der Waals surface area (Å²) in [5, 5.41) is 13.8. The molecule has 0 radical (unpaired) electrons. The molecule has 0 fully saturated rings. The largest absolute Gasteiger partial charge is 0.493 e. The first-order valence-electron chi connectivity index (χ1n) is 10.6. The van der Waals surface area contributed by atoms with Crippen LogP contribution in [0, 0.1) is 0 Å². The Balaban J connectivity index is 1.79. The predicted octanol–water partition coefficient (Wildman–Crippen LogP) is 3.08. The van der Waals surface area contributed by atoms with E-state index >= 15 is 0 Å². The van der Waals surface area contributed by atoms with E-state index in [1.54, 1.807) is 7.11 Å². The summed E-state index contributed by atoms with van der Waals surface area (Å²) in [5.41, 5.74) is 2.33. The van der Waals surface area contributed by atoms with Crippen molar-refractivity contribution in [1.29, 1.82) is 0 Å². The Bertz CT molecular complexity index is 712. The van der Waals surface area contributed by atoms with Gasteiger partial charge in [-0.2, -0.15) is 0 Å². The van der Waals surface area contributed by atoms with Gasteiger partial charge in [0.1, 0.15) is 12.7 Å². The number of aliphatic hydroxyl groups excluding tert-OH is 1. The fourth-order valence-electron chi connectivity index (χ4n) is 3.18. The number of nitrogens with zero attached hydrogens (tertiary/aromatic N) is 1. The number of rotatable bonds is 15. The fraction of sp³-hybridized carbons (Fsp3) is 0.500. The molecule has 30 heavy (non-hydrogen) atoms. The van der Waals surface area contributed by atoms with Crippen LogP contribution in [-0.4, -0.2) is 63.2 Å². The maximum absolute atomic E-state index is 10.4. The zero-order chi connectivity index (χ0) is 21.6. The number of aliphatic hydroxyl groups is 1. The number of ether oxygens (including phenoxy) is 3. The minimum Gasteiger partial charge on any atom is -0.493 e. The molecule has 0 heterocycles. The molecule has 0 aromatic heterocycles. The summed E-state index contributed by atoms with van der Waals surface area (Å²) in [6, 6.07) is 16.1. The third kappa shape index (κ3) is 9.13. The zero-order valence-corrected chi connectivity index (χ0v) is 18.5. The maximum Gasteiger partial charge on any atom is 0.161 e. The lowest BCUT2D eigenvalue weighted by atomic mass is 10.2. The normalized spacial score (nSPS) is 12.2. The Morgan fingerprint density at radius 1 is 1.07 bits per heavy atom. The lowest BCUT2D eigenvalue weighted by molar-refractivity contribution is 0.0732. The van der Waals surface area contributed by atoms with Crippen LogP contribution in [0.5, 0.6) is 11.5 Å². The third-order valence-corrected chi connectivity index (χ3v) is 4.65. The van der Waals surface area contributed by atoms with Gasteiger partial charge < -0.3 is 24.6 Å². The van der Waals surface area contributed by atoms with Gasteiger partial charge in [0, 0.05) is 32.8 Å².